The highest BCUT2D eigenvalue weighted by Gasteiger charge is 2.15. The molecule has 1 heterocycles. The summed E-state index contributed by atoms with van der Waals surface area (Å²) in [4.78, 5) is 4.33. The van der Waals surface area contributed by atoms with Gasteiger partial charge in [0.2, 0.25) is 0 Å². The van der Waals surface area contributed by atoms with Gasteiger partial charge < -0.3 is 5.32 Å². The van der Waals surface area contributed by atoms with E-state index in [0.29, 0.717) is 0 Å². The SMILES string of the molecule is SC1=NC(c2ccccc2)CN1. The van der Waals surface area contributed by atoms with Crippen molar-refractivity contribution in [2.75, 3.05) is 6.54 Å². The monoisotopic (exact) mass is 178 g/mol. The molecule has 0 bridgehead atoms. The van der Waals surface area contributed by atoms with Crippen molar-refractivity contribution in [2.45, 2.75) is 6.04 Å². The first-order valence-corrected chi connectivity index (χ1v) is 4.36. The summed E-state index contributed by atoms with van der Waals surface area (Å²) in [6, 6.07) is 10.5. The third-order valence-electron chi connectivity index (χ3n) is 1.92. The number of hydrogen-bond donors (Lipinski definition) is 2. The first-order chi connectivity index (χ1) is 5.86. The second-order valence-electron chi connectivity index (χ2n) is 2.76. The summed E-state index contributed by atoms with van der Waals surface area (Å²) >= 11 is 4.14. The van der Waals surface area contributed by atoms with Crippen LogP contribution < -0.4 is 5.32 Å². The fraction of sp³-hybridized carbons (Fsp3) is 0.222. The highest BCUT2D eigenvalue weighted by Crippen LogP contribution is 2.19. The van der Waals surface area contributed by atoms with E-state index in [1.807, 2.05) is 18.2 Å². The van der Waals surface area contributed by atoms with E-state index in [1.165, 1.54) is 5.56 Å². The number of aliphatic imine (C=N–C) groups is 1. The molecule has 2 nitrogen and oxygen atoms in total. The molecular formula is C9H10N2S. The molecule has 1 aromatic rings. The molecule has 1 aromatic carbocycles. The van der Waals surface area contributed by atoms with E-state index in [9.17, 15) is 0 Å². The normalized spacial score (nSPS) is 21.8. The highest BCUT2D eigenvalue weighted by molar-refractivity contribution is 7.96. The molecule has 0 spiro atoms. The van der Waals surface area contributed by atoms with Crippen LogP contribution in [0, 0.1) is 0 Å². The van der Waals surface area contributed by atoms with Crippen LogP contribution in [0.25, 0.3) is 0 Å². The number of thiol groups is 1. The quantitative estimate of drug-likeness (QED) is 0.627. The van der Waals surface area contributed by atoms with E-state index in [4.69, 9.17) is 0 Å². The van der Waals surface area contributed by atoms with Crippen LogP contribution in [0.2, 0.25) is 0 Å². The Bertz CT molecular complexity index is 295. The molecule has 3 heteroatoms. The van der Waals surface area contributed by atoms with Crippen molar-refractivity contribution in [1.29, 1.82) is 0 Å². The summed E-state index contributed by atoms with van der Waals surface area (Å²) in [5, 5.41) is 3.82. The second-order valence-corrected chi connectivity index (χ2v) is 3.18. The van der Waals surface area contributed by atoms with Gasteiger partial charge in [-0.25, -0.2) is 0 Å². The van der Waals surface area contributed by atoms with Gasteiger partial charge in [-0.2, -0.15) is 0 Å². The molecule has 1 aliphatic heterocycles. The fourth-order valence-electron chi connectivity index (χ4n) is 1.29. The van der Waals surface area contributed by atoms with Gasteiger partial charge in [0.15, 0.2) is 5.17 Å². The van der Waals surface area contributed by atoms with Crippen LogP contribution in [0.3, 0.4) is 0 Å². The maximum absolute atomic E-state index is 4.33. The summed E-state index contributed by atoms with van der Waals surface area (Å²) in [5.41, 5.74) is 1.24. The lowest BCUT2D eigenvalue weighted by Gasteiger charge is -2.04. The average Bonchev–Trinajstić information content (AvgIpc) is 2.54. The van der Waals surface area contributed by atoms with Crippen molar-refractivity contribution in [3.63, 3.8) is 0 Å². The zero-order chi connectivity index (χ0) is 8.39. The van der Waals surface area contributed by atoms with E-state index in [0.717, 1.165) is 11.7 Å². The number of amidine groups is 1. The van der Waals surface area contributed by atoms with Crippen LogP contribution in [0.1, 0.15) is 11.6 Å². The Labute approximate surface area is 77.1 Å². The van der Waals surface area contributed by atoms with Gasteiger partial charge in [-0.15, -0.1) is 12.6 Å². The largest absolute Gasteiger partial charge is 0.363 e. The van der Waals surface area contributed by atoms with E-state index in [-0.39, 0.29) is 6.04 Å². The summed E-state index contributed by atoms with van der Waals surface area (Å²) < 4.78 is 0. The summed E-state index contributed by atoms with van der Waals surface area (Å²) in [6.07, 6.45) is 0. The molecule has 0 saturated carbocycles. The molecule has 62 valence electrons. The van der Waals surface area contributed by atoms with Crippen LogP contribution in [-0.2, 0) is 0 Å². The molecule has 0 aliphatic carbocycles. The first kappa shape index (κ1) is 7.68. The predicted octanol–water partition coefficient (Wildman–Crippen LogP) is 1.62. The molecule has 2 rings (SSSR count). The minimum absolute atomic E-state index is 0.249. The number of hydrogen-bond acceptors (Lipinski definition) is 2. The number of benzene rings is 1. The molecule has 1 unspecified atom stereocenters. The minimum Gasteiger partial charge on any atom is -0.363 e. The Kier molecular flexibility index (Phi) is 2.04. The minimum atomic E-state index is 0.249. The lowest BCUT2D eigenvalue weighted by Crippen LogP contribution is -2.14. The summed E-state index contributed by atoms with van der Waals surface area (Å²) in [7, 11) is 0. The Morgan fingerprint density at radius 2 is 2.08 bits per heavy atom. The van der Waals surface area contributed by atoms with Crippen molar-refractivity contribution in [2.24, 2.45) is 4.99 Å². The van der Waals surface area contributed by atoms with E-state index >= 15 is 0 Å². The molecule has 1 aliphatic rings. The Hall–Kier alpha value is -0.960. The van der Waals surface area contributed by atoms with Gasteiger partial charge in [0.25, 0.3) is 0 Å². The van der Waals surface area contributed by atoms with E-state index in [2.05, 4.69) is 35.1 Å². The van der Waals surface area contributed by atoms with Crippen LogP contribution in [0.5, 0.6) is 0 Å². The van der Waals surface area contributed by atoms with Crippen molar-refractivity contribution in [1.82, 2.24) is 5.32 Å². The van der Waals surface area contributed by atoms with Gasteiger partial charge in [-0.1, -0.05) is 30.3 Å². The van der Waals surface area contributed by atoms with Gasteiger partial charge in [-0.05, 0) is 5.56 Å². The molecule has 0 radical (unpaired) electrons. The topological polar surface area (TPSA) is 24.4 Å². The highest BCUT2D eigenvalue weighted by atomic mass is 32.1. The lowest BCUT2D eigenvalue weighted by molar-refractivity contribution is 0.752. The van der Waals surface area contributed by atoms with Gasteiger partial charge >= 0.3 is 0 Å². The smallest absolute Gasteiger partial charge is 0.154 e. The molecule has 0 amide bonds. The van der Waals surface area contributed by atoms with Gasteiger partial charge in [0.05, 0.1) is 6.04 Å². The van der Waals surface area contributed by atoms with Gasteiger partial charge in [-0.3, -0.25) is 4.99 Å². The third-order valence-corrected chi connectivity index (χ3v) is 2.19. The molecule has 1 atom stereocenters. The molecule has 0 aromatic heterocycles. The van der Waals surface area contributed by atoms with Crippen molar-refractivity contribution >= 4 is 17.8 Å². The van der Waals surface area contributed by atoms with Crippen molar-refractivity contribution in [3.05, 3.63) is 35.9 Å². The van der Waals surface area contributed by atoms with Gasteiger partial charge in [0, 0.05) is 6.54 Å². The molecule has 0 saturated heterocycles. The first-order valence-electron chi connectivity index (χ1n) is 3.92. The van der Waals surface area contributed by atoms with Crippen molar-refractivity contribution < 1.29 is 0 Å². The van der Waals surface area contributed by atoms with Crippen LogP contribution >= 0.6 is 12.6 Å². The maximum Gasteiger partial charge on any atom is 0.154 e. The van der Waals surface area contributed by atoms with E-state index in [1.54, 1.807) is 0 Å². The Morgan fingerprint density at radius 1 is 1.33 bits per heavy atom. The van der Waals surface area contributed by atoms with Crippen LogP contribution in [-0.4, -0.2) is 11.7 Å². The summed E-state index contributed by atoms with van der Waals surface area (Å²) in [5.74, 6) is 0. The fourth-order valence-corrected chi connectivity index (χ4v) is 1.53. The molecule has 0 fully saturated rings. The lowest BCUT2D eigenvalue weighted by atomic mass is 10.1. The number of rotatable bonds is 1. The number of nitrogens with one attached hydrogen (secondary N) is 1. The summed E-state index contributed by atoms with van der Waals surface area (Å²) in [6.45, 7) is 0.864. The van der Waals surface area contributed by atoms with Crippen LogP contribution in [0.15, 0.2) is 35.3 Å². The zero-order valence-corrected chi connectivity index (χ0v) is 7.46. The predicted molar refractivity (Wildman–Crippen MR) is 53.6 cm³/mol. The Morgan fingerprint density at radius 3 is 2.67 bits per heavy atom. The second kappa shape index (κ2) is 3.19. The third kappa shape index (κ3) is 1.46. The van der Waals surface area contributed by atoms with E-state index < -0.39 is 0 Å². The molecule has 1 N–H and O–H groups in total. The molecular weight excluding hydrogens is 168 g/mol. The Balaban J connectivity index is 2.22. The standard InChI is InChI=1S/C9H10N2S/c12-9-10-6-8(11-9)7-4-2-1-3-5-7/h1-5,8H,6H2,(H2,10,11,12). The average molecular weight is 178 g/mol. The zero-order valence-electron chi connectivity index (χ0n) is 6.57. The van der Waals surface area contributed by atoms with Crippen LogP contribution in [0.4, 0.5) is 0 Å². The number of nitrogens with zero attached hydrogens (tertiary/aromatic N) is 1. The maximum atomic E-state index is 4.33. The van der Waals surface area contributed by atoms with Crippen molar-refractivity contribution in [3.8, 4) is 0 Å². The van der Waals surface area contributed by atoms with Gasteiger partial charge in [0.1, 0.15) is 0 Å². The molecule has 12 heavy (non-hydrogen) atoms.